The summed E-state index contributed by atoms with van der Waals surface area (Å²) < 4.78 is 5.03. The van der Waals surface area contributed by atoms with Crippen molar-refractivity contribution in [1.29, 1.82) is 0 Å². The van der Waals surface area contributed by atoms with Gasteiger partial charge < -0.3 is 9.64 Å². The summed E-state index contributed by atoms with van der Waals surface area (Å²) in [6.45, 7) is 6.98. The fourth-order valence-corrected chi connectivity index (χ4v) is 2.53. The highest BCUT2D eigenvalue weighted by molar-refractivity contribution is 5.73. The number of nitrogens with zero attached hydrogens (tertiary/aromatic N) is 2. The zero-order chi connectivity index (χ0) is 11.5. The molecule has 0 aromatic heterocycles. The summed E-state index contributed by atoms with van der Waals surface area (Å²) in [6.07, 6.45) is 2.01. The van der Waals surface area contributed by atoms with Crippen LogP contribution in [0.2, 0.25) is 0 Å². The maximum Gasteiger partial charge on any atom is 0.309 e. The van der Waals surface area contributed by atoms with E-state index in [4.69, 9.17) is 4.74 Å². The Morgan fingerprint density at radius 3 is 2.44 bits per heavy atom. The minimum absolute atomic E-state index is 0.00729. The maximum atomic E-state index is 11.5. The van der Waals surface area contributed by atoms with Crippen molar-refractivity contribution in [3.8, 4) is 0 Å². The smallest absolute Gasteiger partial charge is 0.309 e. The number of likely N-dealkylation sites (N-methyl/N-ethyl adjacent to an activating group) is 1. The minimum atomic E-state index is 0.00729. The molecule has 0 atom stereocenters. The molecular formula is C12H22N2O2. The Hall–Kier alpha value is -0.610. The lowest BCUT2D eigenvalue weighted by atomic mass is 9.79. The summed E-state index contributed by atoms with van der Waals surface area (Å²) >= 11 is 0. The number of carbonyl (C=O) groups excluding carboxylic acids is 1. The monoisotopic (exact) mass is 226 g/mol. The van der Waals surface area contributed by atoms with E-state index in [1.165, 1.54) is 0 Å². The molecule has 16 heavy (non-hydrogen) atoms. The normalized spacial score (nSPS) is 32.1. The van der Waals surface area contributed by atoms with Crippen molar-refractivity contribution in [3.05, 3.63) is 0 Å². The molecular weight excluding hydrogens is 204 g/mol. The lowest BCUT2D eigenvalue weighted by Gasteiger charge is -2.45. The molecule has 92 valence electrons. The van der Waals surface area contributed by atoms with Crippen LogP contribution in [0, 0.1) is 5.92 Å². The Kier molecular flexibility index (Phi) is 3.82. The largest absolute Gasteiger partial charge is 0.466 e. The van der Waals surface area contributed by atoms with E-state index in [0.29, 0.717) is 12.6 Å². The van der Waals surface area contributed by atoms with Crippen LogP contribution < -0.4 is 0 Å². The number of piperazine rings is 1. The van der Waals surface area contributed by atoms with Gasteiger partial charge >= 0.3 is 5.97 Å². The molecule has 0 N–H and O–H groups in total. The zero-order valence-electron chi connectivity index (χ0n) is 10.3. The molecule has 1 heterocycles. The molecule has 0 aromatic rings. The van der Waals surface area contributed by atoms with E-state index < -0.39 is 0 Å². The molecule has 1 saturated carbocycles. The van der Waals surface area contributed by atoms with Gasteiger partial charge in [0.25, 0.3) is 0 Å². The number of hydrogen-bond donors (Lipinski definition) is 0. The summed E-state index contributed by atoms with van der Waals surface area (Å²) in [4.78, 5) is 16.3. The first-order valence-corrected chi connectivity index (χ1v) is 6.30. The molecule has 0 radical (unpaired) electrons. The van der Waals surface area contributed by atoms with Gasteiger partial charge in [0.05, 0.1) is 12.5 Å². The lowest BCUT2D eigenvalue weighted by Crippen LogP contribution is -2.54. The number of rotatable bonds is 3. The van der Waals surface area contributed by atoms with Gasteiger partial charge in [0.15, 0.2) is 0 Å². The van der Waals surface area contributed by atoms with E-state index in [1.807, 2.05) is 6.92 Å². The van der Waals surface area contributed by atoms with Crippen molar-refractivity contribution in [1.82, 2.24) is 9.80 Å². The second-order valence-electron chi connectivity index (χ2n) is 4.91. The van der Waals surface area contributed by atoms with E-state index in [1.54, 1.807) is 0 Å². The van der Waals surface area contributed by atoms with Crippen LogP contribution in [0.1, 0.15) is 19.8 Å². The van der Waals surface area contributed by atoms with Crippen molar-refractivity contribution >= 4 is 5.97 Å². The van der Waals surface area contributed by atoms with Gasteiger partial charge in [-0.25, -0.2) is 0 Å². The van der Waals surface area contributed by atoms with Crippen LogP contribution in [0.15, 0.2) is 0 Å². The van der Waals surface area contributed by atoms with Crippen LogP contribution in [-0.4, -0.2) is 61.6 Å². The quantitative estimate of drug-likeness (QED) is 0.659. The molecule has 2 aliphatic rings. The van der Waals surface area contributed by atoms with E-state index in [0.717, 1.165) is 39.0 Å². The van der Waals surface area contributed by atoms with E-state index in [-0.39, 0.29) is 11.9 Å². The molecule has 0 bridgehead atoms. The molecule has 2 fully saturated rings. The Morgan fingerprint density at radius 2 is 1.88 bits per heavy atom. The van der Waals surface area contributed by atoms with Crippen LogP contribution in [-0.2, 0) is 9.53 Å². The third-order valence-corrected chi connectivity index (χ3v) is 3.79. The Balaban J connectivity index is 1.70. The van der Waals surface area contributed by atoms with E-state index in [9.17, 15) is 4.79 Å². The molecule has 1 aliphatic heterocycles. The highest BCUT2D eigenvalue weighted by atomic mass is 16.5. The Labute approximate surface area is 97.5 Å². The van der Waals surface area contributed by atoms with Crippen LogP contribution in [0.4, 0.5) is 0 Å². The second-order valence-corrected chi connectivity index (χ2v) is 4.91. The van der Waals surface area contributed by atoms with Crippen LogP contribution >= 0.6 is 0 Å². The second kappa shape index (κ2) is 5.15. The van der Waals surface area contributed by atoms with Gasteiger partial charge in [-0.3, -0.25) is 9.69 Å². The average Bonchev–Trinajstić information content (AvgIpc) is 2.19. The van der Waals surface area contributed by atoms with Gasteiger partial charge in [-0.15, -0.1) is 0 Å². The first-order chi connectivity index (χ1) is 7.70. The molecule has 1 aliphatic carbocycles. The predicted molar refractivity (Wildman–Crippen MR) is 62.2 cm³/mol. The Morgan fingerprint density at radius 1 is 1.25 bits per heavy atom. The number of ether oxygens (including phenoxy) is 1. The third kappa shape index (κ3) is 2.55. The number of hydrogen-bond acceptors (Lipinski definition) is 4. The van der Waals surface area contributed by atoms with Crippen molar-refractivity contribution < 1.29 is 9.53 Å². The first-order valence-electron chi connectivity index (χ1n) is 6.30. The molecule has 0 spiro atoms. The van der Waals surface area contributed by atoms with Gasteiger partial charge in [-0.2, -0.15) is 0 Å². The lowest BCUT2D eigenvalue weighted by molar-refractivity contribution is -0.153. The van der Waals surface area contributed by atoms with Crippen molar-refractivity contribution in [3.63, 3.8) is 0 Å². The van der Waals surface area contributed by atoms with Crippen molar-refractivity contribution in [2.75, 3.05) is 39.8 Å². The van der Waals surface area contributed by atoms with Gasteiger partial charge in [-0.05, 0) is 26.8 Å². The molecule has 2 rings (SSSR count). The standard InChI is InChI=1S/C12H22N2O2/c1-3-16-12(15)10-8-11(9-10)14-6-4-13(2)5-7-14/h10-11H,3-9H2,1-2H3. The number of carbonyl (C=O) groups is 1. The summed E-state index contributed by atoms with van der Waals surface area (Å²) in [5, 5.41) is 0. The van der Waals surface area contributed by atoms with E-state index >= 15 is 0 Å². The van der Waals surface area contributed by atoms with Gasteiger partial charge in [0, 0.05) is 32.2 Å². The zero-order valence-corrected chi connectivity index (χ0v) is 10.3. The molecule has 0 unspecified atom stereocenters. The highest BCUT2D eigenvalue weighted by Gasteiger charge is 2.39. The van der Waals surface area contributed by atoms with Crippen molar-refractivity contribution in [2.45, 2.75) is 25.8 Å². The fraction of sp³-hybridized carbons (Fsp3) is 0.917. The average molecular weight is 226 g/mol. The maximum absolute atomic E-state index is 11.5. The van der Waals surface area contributed by atoms with Crippen LogP contribution in [0.5, 0.6) is 0 Å². The highest BCUT2D eigenvalue weighted by Crippen LogP contribution is 2.33. The summed E-state index contributed by atoms with van der Waals surface area (Å²) in [6, 6.07) is 0.628. The molecule has 4 nitrogen and oxygen atoms in total. The van der Waals surface area contributed by atoms with Gasteiger partial charge in [0.2, 0.25) is 0 Å². The van der Waals surface area contributed by atoms with Crippen molar-refractivity contribution in [2.24, 2.45) is 5.92 Å². The van der Waals surface area contributed by atoms with Gasteiger partial charge in [-0.1, -0.05) is 0 Å². The SMILES string of the molecule is CCOC(=O)C1CC(N2CCN(C)CC2)C1. The Bertz CT molecular complexity index is 243. The molecule has 0 amide bonds. The van der Waals surface area contributed by atoms with Crippen LogP contribution in [0.3, 0.4) is 0 Å². The number of esters is 1. The molecule has 4 heteroatoms. The molecule has 0 aromatic carbocycles. The fourth-order valence-electron chi connectivity index (χ4n) is 2.53. The van der Waals surface area contributed by atoms with Gasteiger partial charge in [0.1, 0.15) is 0 Å². The summed E-state index contributed by atoms with van der Waals surface area (Å²) in [5.74, 6) is 0.178. The summed E-state index contributed by atoms with van der Waals surface area (Å²) in [5.41, 5.74) is 0. The summed E-state index contributed by atoms with van der Waals surface area (Å²) in [7, 11) is 2.17. The first kappa shape index (κ1) is 11.9. The topological polar surface area (TPSA) is 32.8 Å². The predicted octanol–water partition coefficient (Wildman–Crippen LogP) is 0.575. The molecule has 1 saturated heterocycles. The van der Waals surface area contributed by atoms with Crippen LogP contribution in [0.25, 0.3) is 0 Å². The van der Waals surface area contributed by atoms with E-state index in [2.05, 4.69) is 16.8 Å². The minimum Gasteiger partial charge on any atom is -0.466 e. The third-order valence-electron chi connectivity index (χ3n) is 3.79.